The molecule has 3 fully saturated rings. The number of halogens is 3. The Labute approximate surface area is 239 Å². The molecule has 7 nitrogen and oxygen atoms in total. The maximum atomic E-state index is 13.9. The van der Waals surface area contributed by atoms with Crippen LogP contribution in [0.5, 0.6) is 5.88 Å². The van der Waals surface area contributed by atoms with Crippen LogP contribution in [0.15, 0.2) is 42.6 Å². The van der Waals surface area contributed by atoms with Gasteiger partial charge in [0.15, 0.2) is 0 Å². The summed E-state index contributed by atoms with van der Waals surface area (Å²) >= 11 is 0. The highest BCUT2D eigenvalue weighted by atomic mass is 19.4. The number of benzene rings is 1. The van der Waals surface area contributed by atoms with Gasteiger partial charge in [-0.05, 0) is 81.3 Å². The number of carbonyl (C=O) groups is 2. The van der Waals surface area contributed by atoms with Crippen LogP contribution in [-0.4, -0.2) is 71.6 Å². The molecule has 0 spiro atoms. The fourth-order valence-corrected chi connectivity index (χ4v) is 6.62. The normalized spacial score (nSPS) is 22.0. The highest BCUT2D eigenvalue weighted by Gasteiger charge is 2.55. The fourth-order valence-electron chi connectivity index (χ4n) is 6.62. The topological polar surface area (TPSA) is 88.8 Å². The van der Waals surface area contributed by atoms with Crippen molar-refractivity contribution >= 4 is 11.8 Å². The number of likely N-dealkylation sites (tertiary alicyclic amines) is 2. The lowest BCUT2D eigenvalue weighted by Gasteiger charge is -2.44. The molecule has 2 aromatic rings. The van der Waals surface area contributed by atoms with E-state index in [-0.39, 0.29) is 31.2 Å². The molecule has 3 aliphatic rings. The summed E-state index contributed by atoms with van der Waals surface area (Å²) in [6, 6.07) is 10.4. The zero-order chi connectivity index (χ0) is 29.0. The van der Waals surface area contributed by atoms with Gasteiger partial charge in [0.2, 0.25) is 11.8 Å². The molecule has 0 unspecified atom stereocenters. The Hall–Kier alpha value is -3.14. The summed E-state index contributed by atoms with van der Waals surface area (Å²) < 4.78 is 47.7. The molecule has 1 aliphatic carbocycles. The van der Waals surface area contributed by atoms with Crippen LogP contribution in [0, 0.1) is 11.3 Å². The van der Waals surface area contributed by atoms with Crippen molar-refractivity contribution in [3.8, 4) is 17.0 Å². The first-order valence-corrected chi connectivity index (χ1v) is 14.7. The average molecular weight is 573 g/mol. The Balaban J connectivity index is 1.09. The quantitative estimate of drug-likeness (QED) is 0.455. The van der Waals surface area contributed by atoms with E-state index in [9.17, 15) is 22.8 Å². The van der Waals surface area contributed by atoms with Gasteiger partial charge >= 0.3 is 6.18 Å². The smallest absolute Gasteiger partial charge is 0.395 e. The van der Waals surface area contributed by atoms with Crippen LogP contribution >= 0.6 is 0 Å². The molecule has 2 saturated heterocycles. The van der Waals surface area contributed by atoms with E-state index in [4.69, 9.17) is 10.5 Å². The van der Waals surface area contributed by atoms with Crippen LogP contribution in [0.1, 0.15) is 68.1 Å². The SMILES string of the molecule is NC(=O)[C@@H]1CCCN1C(=O)c1ccc(-c2ccc(OCC3CCN(CC4(C(F)(F)F)CCCCC4)CC3)nc2)cc1. The zero-order valence-electron chi connectivity index (χ0n) is 23.4. The number of hydrogen-bond donors (Lipinski definition) is 1. The molecule has 1 saturated carbocycles. The summed E-state index contributed by atoms with van der Waals surface area (Å²) in [4.78, 5) is 32.5. The molecule has 1 aromatic carbocycles. The van der Waals surface area contributed by atoms with Gasteiger partial charge in [0.05, 0.1) is 12.0 Å². The minimum Gasteiger partial charge on any atom is -0.477 e. The largest absolute Gasteiger partial charge is 0.477 e. The molecule has 1 atom stereocenters. The van der Waals surface area contributed by atoms with E-state index >= 15 is 0 Å². The maximum absolute atomic E-state index is 13.9. The lowest BCUT2D eigenvalue weighted by Crippen LogP contribution is -2.50. The molecule has 2 N–H and O–H groups in total. The van der Waals surface area contributed by atoms with Gasteiger partial charge < -0.3 is 20.3 Å². The number of aromatic nitrogens is 1. The highest BCUT2D eigenvalue weighted by molar-refractivity contribution is 5.98. The van der Waals surface area contributed by atoms with Gasteiger partial charge in [0.1, 0.15) is 6.04 Å². The van der Waals surface area contributed by atoms with Crippen LogP contribution in [0.2, 0.25) is 0 Å². The molecule has 1 aromatic heterocycles. The van der Waals surface area contributed by atoms with Crippen LogP contribution in [-0.2, 0) is 4.79 Å². The lowest BCUT2D eigenvalue weighted by molar-refractivity contribution is -0.240. The number of hydrogen-bond acceptors (Lipinski definition) is 5. The predicted molar refractivity (Wildman–Crippen MR) is 149 cm³/mol. The Bertz CT molecular complexity index is 1190. The number of nitrogens with two attached hydrogens (primary N) is 1. The molecule has 222 valence electrons. The summed E-state index contributed by atoms with van der Waals surface area (Å²) in [5, 5.41) is 0. The van der Waals surface area contributed by atoms with Crippen molar-refractivity contribution in [2.24, 2.45) is 17.1 Å². The first-order chi connectivity index (χ1) is 19.6. The second-order valence-corrected chi connectivity index (χ2v) is 11.9. The first-order valence-electron chi connectivity index (χ1n) is 14.7. The average Bonchev–Trinajstić information content (AvgIpc) is 3.48. The summed E-state index contributed by atoms with van der Waals surface area (Å²) in [6.07, 6.45) is 3.30. The Morgan fingerprint density at radius 1 is 0.927 bits per heavy atom. The van der Waals surface area contributed by atoms with Gasteiger partial charge in [-0.1, -0.05) is 31.4 Å². The lowest BCUT2D eigenvalue weighted by atomic mass is 9.72. The van der Waals surface area contributed by atoms with Crippen molar-refractivity contribution in [3.05, 3.63) is 48.2 Å². The van der Waals surface area contributed by atoms with Gasteiger partial charge in [-0.25, -0.2) is 4.98 Å². The van der Waals surface area contributed by atoms with E-state index in [1.165, 1.54) is 0 Å². The van der Waals surface area contributed by atoms with Gasteiger partial charge in [0, 0.05) is 36.5 Å². The van der Waals surface area contributed by atoms with Crippen LogP contribution in [0.3, 0.4) is 0 Å². The van der Waals surface area contributed by atoms with Gasteiger partial charge in [0.25, 0.3) is 5.91 Å². The molecule has 3 heterocycles. The summed E-state index contributed by atoms with van der Waals surface area (Å²) in [5.41, 5.74) is 6.19. The third-order valence-electron chi connectivity index (χ3n) is 9.16. The number of primary amides is 1. The number of amides is 2. The summed E-state index contributed by atoms with van der Waals surface area (Å²) in [5.74, 6) is 0.128. The summed E-state index contributed by atoms with van der Waals surface area (Å²) in [7, 11) is 0. The number of carbonyl (C=O) groups excluding carboxylic acids is 2. The van der Waals surface area contributed by atoms with Crippen LogP contribution < -0.4 is 10.5 Å². The number of pyridine rings is 1. The number of rotatable bonds is 8. The minimum atomic E-state index is -4.14. The fraction of sp³-hybridized carbons (Fsp3) is 0.581. The number of alkyl halides is 3. The molecule has 2 aliphatic heterocycles. The van der Waals surface area contributed by atoms with Crippen molar-refractivity contribution in [1.82, 2.24) is 14.8 Å². The molecule has 2 amide bonds. The second-order valence-electron chi connectivity index (χ2n) is 11.9. The number of ether oxygens (including phenoxy) is 1. The Morgan fingerprint density at radius 3 is 2.22 bits per heavy atom. The second kappa shape index (κ2) is 12.4. The molecule has 0 radical (unpaired) electrons. The van der Waals surface area contributed by atoms with Crippen LogP contribution in [0.4, 0.5) is 13.2 Å². The van der Waals surface area contributed by atoms with E-state index in [0.717, 1.165) is 36.8 Å². The highest BCUT2D eigenvalue weighted by Crippen LogP contribution is 2.49. The molecule has 0 bridgehead atoms. The van der Waals surface area contributed by atoms with Gasteiger partial charge in [-0.3, -0.25) is 9.59 Å². The molecular formula is C31H39F3N4O3. The molecular weight excluding hydrogens is 533 g/mol. The Kier molecular flexibility index (Phi) is 8.87. The number of nitrogens with zero attached hydrogens (tertiary/aromatic N) is 3. The first kappa shape index (κ1) is 29.4. The zero-order valence-corrected chi connectivity index (χ0v) is 23.4. The van der Waals surface area contributed by atoms with E-state index in [0.29, 0.717) is 56.9 Å². The van der Waals surface area contributed by atoms with E-state index in [1.807, 2.05) is 23.1 Å². The third kappa shape index (κ3) is 6.68. The molecule has 41 heavy (non-hydrogen) atoms. The van der Waals surface area contributed by atoms with Crippen molar-refractivity contribution in [2.75, 3.05) is 32.8 Å². The van der Waals surface area contributed by atoms with Crippen molar-refractivity contribution in [1.29, 1.82) is 0 Å². The van der Waals surface area contributed by atoms with E-state index in [2.05, 4.69) is 4.98 Å². The van der Waals surface area contributed by atoms with Crippen molar-refractivity contribution in [3.63, 3.8) is 0 Å². The van der Waals surface area contributed by atoms with E-state index < -0.39 is 23.5 Å². The minimum absolute atomic E-state index is 0.119. The van der Waals surface area contributed by atoms with Crippen molar-refractivity contribution < 1.29 is 27.5 Å². The van der Waals surface area contributed by atoms with E-state index in [1.54, 1.807) is 29.3 Å². The van der Waals surface area contributed by atoms with Crippen molar-refractivity contribution in [2.45, 2.75) is 70.0 Å². The molecule has 10 heteroatoms. The third-order valence-corrected chi connectivity index (χ3v) is 9.16. The van der Waals surface area contributed by atoms with Gasteiger partial charge in [-0.2, -0.15) is 13.2 Å². The predicted octanol–water partition coefficient (Wildman–Crippen LogP) is 5.44. The standard InChI is InChI=1S/C31H39F3N4O3/c32-31(33,34)30(14-2-1-3-15-30)21-37-17-12-22(13-18-37)20-41-27-11-10-25(19-36-27)23-6-8-24(9-7-23)29(40)38-16-4-5-26(38)28(35)39/h6-11,19,22,26H,1-5,12-18,20-21H2,(H2,35,39)/t26-/m0/s1. The van der Waals surface area contributed by atoms with Gasteiger partial charge in [-0.15, -0.1) is 0 Å². The Morgan fingerprint density at radius 2 is 1.61 bits per heavy atom. The molecule has 5 rings (SSSR count). The number of piperidine rings is 1. The monoisotopic (exact) mass is 572 g/mol. The maximum Gasteiger partial charge on any atom is 0.395 e. The summed E-state index contributed by atoms with van der Waals surface area (Å²) in [6.45, 7) is 2.46. The van der Waals surface area contributed by atoms with Crippen LogP contribution in [0.25, 0.3) is 11.1 Å².